The van der Waals surface area contributed by atoms with Gasteiger partial charge in [0.25, 0.3) is 0 Å². The van der Waals surface area contributed by atoms with Crippen LogP contribution in [0.25, 0.3) is 0 Å². The molecule has 16 heavy (non-hydrogen) atoms. The van der Waals surface area contributed by atoms with E-state index in [-0.39, 0.29) is 0 Å². The predicted octanol–water partition coefficient (Wildman–Crippen LogP) is 2.59. The molecule has 1 atom stereocenters. The lowest BCUT2D eigenvalue weighted by atomic mass is 9.87. The molecule has 2 aliphatic heterocycles. The van der Waals surface area contributed by atoms with Crippen molar-refractivity contribution in [2.24, 2.45) is 5.41 Å². The Kier molecular flexibility index (Phi) is 2.96. The summed E-state index contributed by atoms with van der Waals surface area (Å²) >= 11 is 7.79. The Bertz CT molecular complexity index is 371. The first-order chi connectivity index (χ1) is 7.77. The summed E-state index contributed by atoms with van der Waals surface area (Å²) in [6, 6.07) is 2.16. The van der Waals surface area contributed by atoms with E-state index in [0.717, 1.165) is 10.9 Å². The Morgan fingerprint density at radius 3 is 3.12 bits per heavy atom. The van der Waals surface area contributed by atoms with Crippen molar-refractivity contribution >= 4 is 22.9 Å². The number of thiophene rings is 1. The van der Waals surface area contributed by atoms with Gasteiger partial charge in [-0.2, -0.15) is 0 Å². The highest BCUT2D eigenvalue weighted by Crippen LogP contribution is 2.37. The van der Waals surface area contributed by atoms with Gasteiger partial charge in [0.1, 0.15) is 0 Å². The van der Waals surface area contributed by atoms with Gasteiger partial charge in [0.15, 0.2) is 0 Å². The van der Waals surface area contributed by atoms with Gasteiger partial charge in [-0.05, 0) is 48.4 Å². The van der Waals surface area contributed by atoms with Gasteiger partial charge in [-0.3, -0.25) is 4.90 Å². The molecule has 0 aromatic carbocycles. The first-order valence-electron chi connectivity index (χ1n) is 5.92. The van der Waals surface area contributed by atoms with Gasteiger partial charge < -0.3 is 5.32 Å². The maximum absolute atomic E-state index is 6.15. The molecule has 2 nitrogen and oxygen atoms in total. The summed E-state index contributed by atoms with van der Waals surface area (Å²) in [6.45, 7) is 5.91. The van der Waals surface area contributed by atoms with Gasteiger partial charge in [0.05, 0.1) is 4.34 Å². The van der Waals surface area contributed by atoms with Crippen molar-refractivity contribution in [3.05, 3.63) is 21.3 Å². The van der Waals surface area contributed by atoms with Gasteiger partial charge >= 0.3 is 0 Å². The van der Waals surface area contributed by atoms with E-state index in [1.165, 1.54) is 44.6 Å². The van der Waals surface area contributed by atoms with Gasteiger partial charge in [-0.15, -0.1) is 11.3 Å². The molecular formula is C12H17ClN2S. The number of likely N-dealkylation sites (tertiary alicyclic amines) is 1. The smallest absolute Gasteiger partial charge is 0.0973 e. The molecule has 3 heterocycles. The number of nitrogens with one attached hydrogen (secondary N) is 1. The van der Waals surface area contributed by atoms with E-state index in [2.05, 4.69) is 21.7 Å². The van der Waals surface area contributed by atoms with Crippen molar-refractivity contribution < 1.29 is 0 Å². The van der Waals surface area contributed by atoms with Crippen molar-refractivity contribution in [3.63, 3.8) is 0 Å². The molecule has 2 saturated heterocycles. The summed E-state index contributed by atoms with van der Waals surface area (Å²) in [5.74, 6) is 0. The molecule has 1 unspecified atom stereocenters. The topological polar surface area (TPSA) is 15.3 Å². The molecule has 4 heteroatoms. The maximum atomic E-state index is 6.15. The quantitative estimate of drug-likeness (QED) is 0.875. The molecule has 2 aliphatic rings. The Morgan fingerprint density at radius 2 is 2.44 bits per heavy atom. The fourth-order valence-corrected chi connectivity index (χ4v) is 3.89. The standard InChI is InChI=1S/C12H17ClN2S/c13-11-10(1-6-16-11)7-15-5-3-12(9-15)2-4-14-8-12/h1,6,14H,2-5,7-9H2. The summed E-state index contributed by atoms with van der Waals surface area (Å²) in [5, 5.41) is 5.58. The highest BCUT2D eigenvalue weighted by molar-refractivity contribution is 7.14. The van der Waals surface area contributed by atoms with Crippen LogP contribution >= 0.6 is 22.9 Å². The first kappa shape index (κ1) is 11.0. The molecule has 1 spiro atoms. The van der Waals surface area contributed by atoms with Gasteiger partial charge in [-0.25, -0.2) is 0 Å². The average Bonchev–Trinajstić information content (AvgIpc) is 2.96. The molecule has 0 radical (unpaired) electrons. The molecule has 1 N–H and O–H groups in total. The van der Waals surface area contributed by atoms with Gasteiger partial charge in [-0.1, -0.05) is 11.6 Å². The van der Waals surface area contributed by atoms with Gasteiger partial charge in [0, 0.05) is 19.6 Å². The molecule has 0 saturated carbocycles. The van der Waals surface area contributed by atoms with Crippen molar-refractivity contribution in [1.29, 1.82) is 0 Å². The van der Waals surface area contributed by atoms with Crippen LogP contribution in [0.3, 0.4) is 0 Å². The maximum Gasteiger partial charge on any atom is 0.0973 e. The average molecular weight is 257 g/mol. The van der Waals surface area contributed by atoms with Crippen molar-refractivity contribution in [3.8, 4) is 0 Å². The van der Waals surface area contributed by atoms with Gasteiger partial charge in [0.2, 0.25) is 0 Å². The van der Waals surface area contributed by atoms with Crippen molar-refractivity contribution in [2.45, 2.75) is 19.4 Å². The third-order valence-corrected chi connectivity index (χ3v) is 5.19. The zero-order valence-electron chi connectivity index (χ0n) is 9.34. The van der Waals surface area contributed by atoms with E-state index in [0.29, 0.717) is 5.41 Å². The lowest BCUT2D eigenvalue weighted by Gasteiger charge is -2.22. The molecule has 0 bridgehead atoms. The Labute approximate surface area is 106 Å². The second-order valence-electron chi connectivity index (χ2n) is 5.11. The molecule has 88 valence electrons. The van der Waals surface area contributed by atoms with Crippen LogP contribution in [0.15, 0.2) is 11.4 Å². The van der Waals surface area contributed by atoms with Crippen molar-refractivity contribution in [1.82, 2.24) is 10.2 Å². The molecule has 0 aliphatic carbocycles. The second kappa shape index (κ2) is 4.30. The number of rotatable bonds is 2. The minimum atomic E-state index is 0.572. The van der Waals surface area contributed by atoms with Crippen LogP contribution in [-0.2, 0) is 6.54 Å². The lowest BCUT2D eigenvalue weighted by Crippen LogP contribution is -2.28. The van der Waals surface area contributed by atoms with E-state index in [1.807, 2.05) is 0 Å². The van der Waals surface area contributed by atoms with Crippen LogP contribution in [0.5, 0.6) is 0 Å². The first-order valence-corrected chi connectivity index (χ1v) is 7.18. The normalized spacial score (nSPS) is 30.6. The predicted molar refractivity (Wildman–Crippen MR) is 69.1 cm³/mol. The minimum Gasteiger partial charge on any atom is -0.316 e. The molecule has 0 amide bonds. The second-order valence-corrected chi connectivity index (χ2v) is 6.63. The number of hydrogen-bond donors (Lipinski definition) is 1. The van der Waals surface area contributed by atoms with E-state index < -0.39 is 0 Å². The summed E-state index contributed by atoms with van der Waals surface area (Å²) in [7, 11) is 0. The fourth-order valence-electron chi connectivity index (χ4n) is 2.98. The monoisotopic (exact) mass is 256 g/mol. The highest BCUT2D eigenvalue weighted by Gasteiger charge is 2.40. The van der Waals surface area contributed by atoms with E-state index >= 15 is 0 Å². The van der Waals surface area contributed by atoms with Crippen LogP contribution in [0.4, 0.5) is 0 Å². The van der Waals surface area contributed by atoms with Crippen LogP contribution in [0.2, 0.25) is 4.34 Å². The number of hydrogen-bond acceptors (Lipinski definition) is 3. The van der Waals surface area contributed by atoms with Crippen LogP contribution in [-0.4, -0.2) is 31.1 Å². The fraction of sp³-hybridized carbons (Fsp3) is 0.667. The van der Waals surface area contributed by atoms with Crippen LogP contribution in [0, 0.1) is 5.41 Å². The van der Waals surface area contributed by atoms with Crippen LogP contribution < -0.4 is 5.32 Å². The molecular weight excluding hydrogens is 240 g/mol. The molecule has 1 aromatic rings. The Hall–Kier alpha value is -0.0900. The third kappa shape index (κ3) is 2.02. The van der Waals surface area contributed by atoms with Crippen LogP contribution in [0.1, 0.15) is 18.4 Å². The molecule has 3 rings (SSSR count). The third-order valence-electron chi connectivity index (χ3n) is 3.94. The largest absolute Gasteiger partial charge is 0.316 e. The minimum absolute atomic E-state index is 0.572. The summed E-state index contributed by atoms with van der Waals surface area (Å²) in [4.78, 5) is 2.56. The highest BCUT2D eigenvalue weighted by atomic mass is 35.5. The SMILES string of the molecule is Clc1sccc1CN1CCC2(CCNC2)C1. The number of nitrogens with zero attached hydrogens (tertiary/aromatic N) is 1. The summed E-state index contributed by atoms with van der Waals surface area (Å²) in [6.07, 6.45) is 2.70. The molecule has 2 fully saturated rings. The Morgan fingerprint density at radius 1 is 1.50 bits per heavy atom. The van der Waals surface area contributed by atoms with Crippen molar-refractivity contribution in [2.75, 3.05) is 26.2 Å². The summed E-state index contributed by atoms with van der Waals surface area (Å²) < 4.78 is 0.963. The van der Waals surface area contributed by atoms with E-state index in [9.17, 15) is 0 Å². The van der Waals surface area contributed by atoms with E-state index in [1.54, 1.807) is 11.3 Å². The molecule has 1 aromatic heterocycles. The lowest BCUT2D eigenvalue weighted by molar-refractivity contribution is 0.269. The number of halogens is 1. The Balaban J connectivity index is 1.64. The van der Waals surface area contributed by atoms with E-state index in [4.69, 9.17) is 11.6 Å². The zero-order chi connectivity index (χ0) is 11.0. The zero-order valence-corrected chi connectivity index (χ0v) is 10.9. The summed E-state index contributed by atoms with van der Waals surface area (Å²) in [5.41, 5.74) is 1.87.